The standard InChI is InChI=1S/C19H31N9.HI/c1-4-20-19(23-14-18-24-15-25-26(18)3)22-13-16-6-7-21-17(12-16)28-10-8-27(5-2)9-11-28;/h6-7,12,15H,4-5,8-11,13-14H2,1-3H3,(H2,20,22,23);1H. The number of nitrogens with zero attached hydrogens (tertiary/aromatic N) is 7. The SMILES string of the molecule is CCNC(=NCc1ccnc(N2CCN(CC)CC2)c1)NCc1ncnn1C.I. The quantitative estimate of drug-likeness (QED) is 0.327. The second-order valence-corrected chi connectivity index (χ2v) is 6.79. The summed E-state index contributed by atoms with van der Waals surface area (Å²) in [5, 5.41) is 10.7. The van der Waals surface area contributed by atoms with Crippen molar-refractivity contribution in [3.8, 4) is 0 Å². The molecule has 3 heterocycles. The summed E-state index contributed by atoms with van der Waals surface area (Å²) in [7, 11) is 1.88. The Balaban J connectivity index is 0.00000300. The molecule has 0 aliphatic carbocycles. The van der Waals surface area contributed by atoms with Crippen LogP contribution >= 0.6 is 24.0 Å². The van der Waals surface area contributed by atoms with Gasteiger partial charge in [0.15, 0.2) is 5.96 Å². The minimum Gasteiger partial charge on any atom is -0.357 e. The van der Waals surface area contributed by atoms with Crippen LogP contribution in [-0.4, -0.2) is 69.9 Å². The summed E-state index contributed by atoms with van der Waals surface area (Å²) in [6.07, 6.45) is 3.44. The maximum Gasteiger partial charge on any atom is 0.191 e. The van der Waals surface area contributed by atoms with E-state index in [0.717, 1.165) is 62.4 Å². The number of aliphatic imine (C=N–C) groups is 1. The number of likely N-dealkylation sites (N-methyl/N-ethyl adjacent to an activating group) is 1. The number of pyridine rings is 1. The van der Waals surface area contributed by atoms with Crippen molar-refractivity contribution >= 4 is 35.8 Å². The number of aryl methyl sites for hydroxylation is 1. The molecule has 1 aliphatic heterocycles. The number of halogens is 1. The first-order valence-electron chi connectivity index (χ1n) is 9.96. The molecule has 0 radical (unpaired) electrons. The Kier molecular flexibility index (Phi) is 9.58. The van der Waals surface area contributed by atoms with E-state index in [1.54, 1.807) is 11.0 Å². The molecule has 2 aromatic rings. The first-order chi connectivity index (χ1) is 13.7. The lowest BCUT2D eigenvalue weighted by Crippen LogP contribution is -2.46. The third-order valence-corrected chi connectivity index (χ3v) is 4.94. The molecule has 0 atom stereocenters. The molecule has 0 spiro atoms. The van der Waals surface area contributed by atoms with E-state index in [2.05, 4.69) is 55.4 Å². The number of rotatable bonds is 7. The molecule has 1 fully saturated rings. The van der Waals surface area contributed by atoms with E-state index in [9.17, 15) is 0 Å². The average Bonchev–Trinajstić information content (AvgIpc) is 3.15. The number of hydrogen-bond acceptors (Lipinski definition) is 6. The van der Waals surface area contributed by atoms with E-state index in [-0.39, 0.29) is 24.0 Å². The van der Waals surface area contributed by atoms with Gasteiger partial charge in [0.25, 0.3) is 0 Å². The lowest BCUT2D eigenvalue weighted by molar-refractivity contribution is 0.270. The largest absolute Gasteiger partial charge is 0.357 e. The van der Waals surface area contributed by atoms with Crippen molar-refractivity contribution in [3.63, 3.8) is 0 Å². The Morgan fingerprint density at radius 3 is 2.59 bits per heavy atom. The van der Waals surface area contributed by atoms with Crippen LogP contribution in [0.3, 0.4) is 0 Å². The number of nitrogens with one attached hydrogen (secondary N) is 2. The monoisotopic (exact) mass is 513 g/mol. The summed E-state index contributed by atoms with van der Waals surface area (Å²) < 4.78 is 1.75. The van der Waals surface area contributed by atoms with Gasteiger partial charge in [-0.3, -0.25) is 4.68 Å². The van der Waals surface area contributed by atoms with Gasteiger partial charge in [0.05, 0.1) is 13.1 Å². The number of guanidine groups is 1. The fourth-order valence-corrected chi connectivity index (χ4v) is 3.18. The number of piperazine rings is 1. The smallest absolute Gasteiger partial charge is 0.191 e. The highest BCUT2D eigenvalue weighted by Crippen LogP contribution is 2.15. The molecule has 29 heavy (non-hydrogen) atoms. The molecule has 1 saturated heterocycles. The Morgan fingerprint density at radius 2 is 1.93 bits per heavy atom. The Morgan fingerprint density at radius 1 is 1.14 bits per heavy atom. The van der Waals surface area contributed by atoms with Crippen molar-refractivity contribution in [3.05, 3.63) is 36.0 Å². The van der Waals surface area contributed by atoms with E-state index >= 15 is 0 Å². The van der Waals surface area contributed by atoms with Gasteiger partial charge >= 0.3 is 0 Å². The van der Waals surface area contributed by atoms with Crippen LogP contribution in [0, 0.1) is 0 Å². The summed E-state index contributed by atoms with van der Waals surface area (Å²) >= 11 is 0. The molecule has 0 saturated carbocycles. The van der Waals surface area contributed by atoms with Gasteiger partial charge in [0.1, 0.15) is 18.0 Å². The number of anilines is 1. The number of hydrogen-bond donors (Lipinski definition) is 2. The molecule has 160 valence electrons. The zero-order chi connectivity index (χ0) is 19.8. The first kappa shape index (κ1) is 23.3. The van der Waals surface area contributed by atoms with Crippen molar-refractivity contribution in [2.75, 3.05) is 44.2 Å². The van der Waals surface area contributed by atoms with Crippen LogP contribution in [0.4, 0.5) is 5.82 Å². The molecule has 0 aromatic carbocycles. The highest BCUT2D eigenvalue weighted by Gasteiger charge is 2.16. The summed E-state index contributed by atoms with van der Waals surface area (Å²) in [6.45, 7) is 11.6. The zero-order valence-corrected chi connectivity index (χ0v) is 19.8. The normalized spacial score (nSPS) is 15.1. The average molecular weight is 513 g/mol. The molecule has 9 nitrogen and oxygen atoms in total. The van der Waals surface area contributed by atoms with Crippen LogP contribution in [0.5, 0.6) is 0 Å². The third-order valence-electron chi connectivity index (χ3n) is 4.94. The molecule has 0 amide bonds. The molecule has 3 rings (SSSR count). The molecule has 10 heteroatoms. The first-order valence-corrected chi connectivity index (χ1v) is 9.96. The summed E-state index contributed by atoms with van der Waals surface area (Å²) in [4.78, 5) is 18.3. The van der Waals surface area contributed by atoms with Gasteiger partial charge in [-0.2, -0.15) is 5.10 Å². The zero-order valence-electron chi connectivity index (χ0n) is 17.5. The van der Waals surface area contributed by atoms with Crippen molar-refractivity contribution in [1.82, 2.24) is 35.3 Å². The predicted octanol–water partition coefficient (Wildman–Crippen LogP) is 1.23. The molecule has 2 N–H and O–H groups in total. The van der Waals surface area contributed by atoms with Gasteiger partial charge in [-0.15, -0.1) is 24.0 Å². The third kappa shape index (κ3) is 6.81. The van der Waals surface area contributed by atoms with Gasteiger partial charge in [-0.05, 0) is 31.2 Å². The Bertz CT molecular complexity index is 769. The molecule has 0 unspecified atom stereocenters. The second-order valence-electron chi connectivity index (χ2n) is 6.79. The van der Waals surface area contributed by atoms with E-state index in [0.29, 0.717) is 13.1 Å². The molecule has 2 aromatic heterocycles. The van der Waals surface area contributed by atoms with E-state index < -0.39 is 0 Å². The fourth-order valence-electron chi connectivity index (χ4n) is 3.18. The highest BCUT2D eigenvalue weighted by atomic mass is 127. The van der Waals surface area contributed by atoms with E-state index in [1.165, 1.54) is 0 Å². The molecule has 1 aliphatic rings. The maximum absolute atomic E-state index is 4.71. The van der Waals surface area contributed by atoms with Crippen LogP contribution in [0.1, 0.15) is 25.2 Å². The predicted molar refractivity (Wildman–Crippen MR) is 127 cm³/mol. The van der Waals surface area contributed by atoms with Crippen molar-refractivity contribution in [2.45, 2.75) is 26.9 Å². The molecular weight excluding hydrogens is 481 g/mol. The topological polar surface area (TPSA) is 86.5 Å². The minimum atomic E-state index is 0. The van der Waals surface area contributed by atoms with Crippen molar-refractivity contribution in [1.29, 1.82) is 0 Å². The number of aromatic nitrogens is 4. The maximum atomic E-state index is 4.71. The minimum absolute atomic E-state index is 0. The fraction of sp³-hybridized carbons (Fsp3) is 0.579. The Labute approximate surface area is 190 Å². The van der Waals surface area contributed by atoms with Crippen molar-refractivity contribution < 1.29 is 0 Å². The summed E-state index contributed by atoms with van der Waals surface area (Å²) in [5.41, 5.74) is 1.15. The molecule has 0 bridgehead atoms. The van der Waals surface area contributed by atoms with Gasteiger partial charge in [-0.25, -0.2) is 15.0 Å². The van der Waals surface area contributed by atoms with Gasteiger partial charge in [-0.1, -0.05) is 6.92 Å². The lowest BCUT2D eigenvalue weighted by Gasteiger charge is -2.34. The van der Waals surface area contributed by atoms with Crippen LogP contribution in [0.2, 0.25) is 0 Å². The lowest BCUT2D eigenvalue weighted by atomic mass is 10.2. The van der Waals surface area contributed by atoms with Crippen LogP contribution in [0.25, 0.3) is 0 Å². The van der Waals surface area contributed by atoms with Gasteiger partial charge in [0.2, 0.25) is 0 Å². The molecular formula is C19H32IN9. The highest BCUT2D eigenvalue weighted by molar-refractivity contribution is 14.0. The summed E-state index contributed by atoms with van der Waals surface area (Å²) in [6, 6.07) is 4.18. The van der Waals surface area contributed by atoms with Crippen LogP contribution in [0.15, 0.2) is 29.6 Å². The summed E-state index contributed by atoms with van der Waals surface area (Å²) in [5.74, 6) is 2.67. The van der Waals surface area contributed by atoms with Crippen LogP contribution in [-0.2, 0) is 20.1 Å². The second kappa shape index (κ2) is 11.9. The van der Waals surface area contributed by atoms with E-state index in [1.807, 2.05) is 19.3 Å². The Hall–Kier alpha value is -1.95. The van der Waals surface area contributed by atoms with Gasteiger partial charge < -0.3 is 20.4 Å². The van der Waals surface area contributed by atoms with E-state index in [4.69, 9.17) is 4.99 Å². The van der Waals surface area contributed by atoms with Crippen LogP contribution < -0.4 is 15.5 Å². The van der Waals surface area contributed by atoms with Gasteiger partial charge in [0, 0.05) is 46.0 Å². The van der Waals surface area contributed by atoms with Crippen molar-refractivity contribution in [2.24, 2.45) is 12.0 Å².